The predicted octanol–water partition coefficient (Wildman–Crippen LogP) is 5.08. The molecule has 0 radical (unpaired) electrons. The van der Waals surface area contributed by atoms with Crippen molar-refractivity contribution in [1.29, 1.82) is 0 Å². The minimum atomic E-state index is -3.63. The first-order chi connectivity index (χ1) is 12.8. The zero-order chi connectivity index (χ0) is 19.4. The van der Waals surface area contributed by atoms with Gasteiger partial charge in [0, 0.05) is 11.4 Å². The van der Waals surface area contributed by atoms with Crippen LogP contribution in [0, 0.1) is 12.7 Å². The fraction of sp³-hybridized carbons (Fsp3) is 0.0952. The highest BCUT2D eigenvalue weighted by Gasteiger charge is 2.13. The fourth-order valence-corrected chi connectivity index (χ4v) is 3.54. The maximum absolute atomic E-state index is 13.0. The van der Waals surface area contributed by atoms with E-state index in [1.54, 1.807) is 60.7 Å². The van der Waals surface area contributed by atoms with E-state index in [1.807, 2.05) is 13.8 Å². The van der Waals surface area contributed by atoms with Crippen LogP contribution in [0.3, 0.4) is 0 Å². The van der Waals surface area contributed by atoms with Crippen LogP contribution in [0.15, 0.2) is 82.7 Å². The van der Waals surface area contributed by atoms with E-state index in [-0.39, 0.29) is 10.7 Å². The highest BCUT2D eigenvalue weighted by atomic mass is 32.2. The molecule has 0 saturated carbocycles. The van der Waals surface area contributed by atoms with Gasteiger partial charge in [-0.25, -0.2) is 12.8 Å². The van der Waals surface area contributed by atoms with Gasteiger partial charge in [0.1, 0.15) is 5.82 Å². The highest BCUT2D eigenvalue weighted by molar-refractivity contribution is 7.92. The van der Waals surface area contributed by atoms with Crippen LogP contribution in [-0.2, 0) is 10.0 Å². The van der Waals surface area contributed by atoms with Crippen LogP contribution in [0.5, 0.6) is 0 Å². The van der Waals surface area contributed by atoms with Gasteiger partial charge in [0.25, 0.3) is 10.0 Å². The summed E-state index contributed by atoms with van der Waals surface area (Å²) in [6.45, 7) is 3.74. The number of sulfonamides is 1. The Hall–Kier alpha value is -2.99. The largest absolute Gasteiger partial charge is 0.280 e. The standard InChI is InChI=1S/C21H19FN2O2S/c1-15-3-13-21(14-4-15)27(25,26)24-20-9-5-17(6-10-20)16(2)23-19-11-7-18(22)8-12-19/h3-14,24H,1-2H3. The van der Waals surface area contributed by atoms with Crippen LogP contribution < -0.4 is 4.72 Å². The van der Waals surface area contributed by atoms with Crippen molar-refractivity contribution in [3.63, 3.8) is 0 Å². The van der Waals surface area contributed by atoms with Gasteiger partial charge in [-0.15, -0.1) is 0 Å². The van der Waals surface area contributed by atoms with Gasteiger partial charge in [-0.3, -0.25) is 9.71 Å². The number of aryl methyl sites for hydroxylation is 1. The van der Waals surface area contributed by atoms with E-state index in [2.05, 4.69) is 9.71 Å². The summed E-state index contributed by atoms with van der Waals surface area (Å²) in [6.07, 6.45) is 0. The van der Waals surface area contributed by atoms with Crippen molar-refractivity contribution in [2.24, 2.45) is 4.99 Å². The number of hydrogen-bond acceptors (Lipinski definition) is 3. The number of nitrogens with zero attached hydrogens (tertiary/aromatic N) is 1. The molecule has 3 aromatic carbocycles. The molecule has 0 saturated heterocycles. The van der Waals surface area contributed by atoms with Gasteiger partial charge in [0.05, 0.1) is 10.6 Å². The Morgan fingerprint density at radius 2 is 1.48 bits per heavy atom. The summed E-state index contributed by atoms with van der Waals surface area (Å²) in [6, 6.07) is 19.5. The first kappa shape index (κ1) is 18.8. The summed E-state index contributed by atoms with van der Waals surface area (Å²) in [7, 11) is -3.63. The van der Waals surface area contributed by atoms with Crippen LogP contribution in [0.2, 0.25) is 0 Å². The zero-order valence-electron chi connectivity index (χ0n) is 15.0. The lowest BCUT2D eigenvalue weighted by Gasteiger charge is -2.09. The van der Waals surface area contributed by atoms with Crippen molar-refractivity contribution in [2.45, 2.75) is 18.7 Å². The second kappa shape index (κ2) is 7.72. The molecule has 0 spiro atoms. The maximum atomic E-state index is 13.0. The Bertz CT molecular complexity index is 1060. The fourth-order valence-electron chi connectivity index (χ4n) is 2.48. The van der Waals surface area contributed by atoms with Gasteiger partial charge in [-0.1, -0.05) is 29.8 Å². The molecular weight excluding hydrogens is 363 g/mol. The molecule has 0 fully saturated rings. The Labute approximate surface area is 158 Å². The maximum Gasteiger partial charge on any atom is 0.261 e. The molecule has 0 aliphatic carbocycles. The molecule has 0 aliphatic rings. The molecule has 138 valence electrons. The summed E-state index contributed by atoms with van der Waals surface area (Å²) in [5, 5.41) is 0. The molecule has 0 heterocycles. The van der Waals surface area contributed by atoms with E-state index in [4.69, 9.17) is 0 Å². The van der Waals surface area contributed by atoms with E-state index >= 15 is 0 Å². The number of hydrogen-bond donors (Lipinski definition) is 1. The number of nitrogens with one attached hydrogen (secondary N) is 1. The summed E-state index contributed by atoms with van der Waals surface area (Å²) >= 11 is 0. The average molecular weight is 382 g/mol. The smallest absolute Gasteiger partial charge is 0.261 e. The van der Waals surface area contributed by atoms with Gasteiger partial charge in [0.2, 0.25) is 0 Å². The van der Waals surface area contributed by atoms with E-state index in [1.165, 1.54) is 12.1 Å². The van der Waals surface area contributed by atoms with Crippen LogP contribution in [-0.4, -0.2) is 14.1 Å². The van der Waals surface area contributed by atoms with Crippen molar-refractivity contribution >= 4 is 27.1 Å². The summed E-state index contributed by atoms with van der Waals surface area (Å²) in [5.74, 6) is -0.309. The van der Waals surface area contributed by atoms with Crippen LogP contribution >= 0.6 is 0 Å². The molecule has 4 nitrogen and oxygen atoms in total. The van der Waals surface area contributed by atoms with E-state index in [9.17, 15) is 12.8 Å². The van der Waals surface area contributed by atoms with Crippen molar-refractivity contribution in [3.8, 4) is 0 Å². The molecule has 0 aliphatic heterocycles. The highest BCUT2D eigenvalue weighted by Crippen LogP contribution is 2.19. The summed E-state index contributed by atoms with van der Waals surface area (Å²) < 4.78 is 40.4. The van der Waals surface area contributed by atoms with Crippen LogP contribution in [0.4, 0.5) is 15.8 Å². The molecule has 0 unspecified atom stereocenters. The van der Waals surface area contributed by atoms with Crippen molar-refractivity contribution in [2.75, 3.05) is 4.72 Å². The summed E-state index contributed by atoms with van der Waals surface area (Å²) in [4.78, 5) is 4.66. The van der Waals surface area contributed by atoms with Crippen molar-refractivity contribution < 1.29 is 12.8 Å². The molecule has 27 heavy (non-hydrogen) atoms. The van der Waals surface area contributed by atoms with Gasteiger partial charge >= 0.3 is 0 Å². The molecule has 1 N–H and O–H groups in total. The third kappa shape index (κ3) is 4.80. The molecule has 6 heteroatoms. The lowest BCUT2D eigenvalue weighted by molar-refractivity contribution is 0.601. The molecule has 0 amide bonds. The first-order valence-electron chi connectivity index (χ1n) is 8.34. The van der Waals surface area contributed by atoms with Crippen LogP contribution in [0.1, 0.15) is 18.1 Å². The third-order valence-corrected chi connectivity index (χ3v) is 5.41. The molecule has 0 bridgehead atoms. The van der Waals surface area contributed by atoms with Crippen LogP contribution in [0.25, 0.3) is 0 Å². The summed E-state index contributed by atoms with van der Waals surface area (Å²) in [5.41, 5.74) is 3.70. The second-order valence-corrected chi connectivity index (χ2v) is 7.85. The Morgan fingerprint density at radius 3 is 2.07 bits per heavy atom. The molecule has 0 aromatic heterocycles. The monoisotopic (exact) mass is 382 g/mol. The van der Waals surface area contributed by atoms with Gasteiger partial charge in [-0.05, 0) is 67.9 Å². The van der Waals surface area contributed by atoms with Crippen molar-refractivity contribution in [3.05, 3.63) is 89.7 Å². The topological polar surface area (TPSA) is 58.5 Å². The molecule has 0 atom stereocenters. The SMILES string of the molecule is CC(=Nc1ccc(F)cc1)c1ccc(NS(=O)(=O)c2ccc(C)cc2)cc1. The number of halogens is 1. The zero-order valence-corrected chi connectivity index (χ0v) is 15.8. The van der Waals surface area contributed by atoms with E-state index < -0.39 is 10.0 Å². The first-order valence-corrected chi connectivity index (χ1v) is 9.83. The van der Waals surface area contributed by atoms with Gasteiger partial charge < -0.3 is 0 Å². The number of rotatable bonds is 5. The lowest BCUT2D eigenvalue weighted by Crippen LogP contribution is -2.13. The van der Waals surface area contributed by atoms with Crippen molar-refractivity contribution in [1.82, 2.24) is 0 Å². The van der Waals surface area contributed by atoms with E-state index in [0.717, 1.165) is 16.8 Å². The molecule has 3 aromatic rings. The number of benzene rings is 3. The Kier molecular flexibility index (Phi) is 5.37. The van der Waals surface area contributed by atoms with Gasteiger partial charge in [-0.2, -0.15) is 0 Å². The Morgan fingerprint density at radius 1 is 0.889 bits per heavy atom. The number of anilines is 1. The molecular formula is C21H19FN2O2S. The predicted molar refractivity (Wildman–Crippen MR) is 107 cm³/mol. The molecule has 3 rings (SSSR count). The van der Waals surface area contributed by atoms with Gasteiger partial charge in [0.15, 0.2) is 0 Å². The average Bonchev–Trinajstić information content (AvgIpc) is 2.64. The Balaban J connectivity index is 1.76. The third-order valence-electron chi connectivity index (χ3n) is 4.01. The lowest BCUT2D eigenvalue weighted by atomic mass is 10.1. The minimum absolute atomic E-state index is 0.214. The minimum Gasteiger partial charge on any atom is -0.280 e. The number of aliphatic imine (C=N–C) groups is 1. The normalized spacial score (nSPS) is 12.0. The van der Waals surface area contributed by atoms with E-state index in [0.29, 0.717) is 11.4 Å². The second-order valence-electron chi connectivity index (χ2n) is 6.17. The quantitative estimate of drug-likeness (QED) is 0.626.